The largest absolute Gasteiger partial charge is 0.416 e. The summed E-state index contributed by atoms with van der Waals surface area (Å²) in [5.74, 6) is 3.88. The lowest BCUT2D eigenvalue weighted by Crippen LogP contribution is -2.37. The van der Waals surface area contributed by atoms with Crippen LogP contribution in [0.3, 0.4) is 0 Å². The van der Waals surface area contributed by atoms with Crippen LogP contribution < -0.4 is 21.9 Å². The van der Waals surface area contributed by atoms with Gasteiger partial charge in [-0.3, -0.25) is 15.4 Å². The van der Waals surface area contributed by atoms with E-state index in [2.05, 4.69) is 16.1 Å². The maximum Gasteiger partial charge on any atom is 0.416 e. The Kier molecular flexibility index (Phi) is 5.53. The molecule has 0 saturated carbocycles. The fourth-order valence-corrected chi connectivity index (χ4v) is 1.55. The summed E-state index contributed by atoms with van der Waals surface area (Å²) in [7, 11) is 0. The molecular formula is C12H15F3N4O2. The molecule has 0 aliphatic rings. The number of nitrogens with two attached hydrogens (primary N) is 1. The number of anilines is 1. The minimum atomic E-state index is -4.58. The number of nitrogen functional groups attached to an aromatic ring is 1. The third-order valence-corrected chi connectivity index (χ3v) is 2.53. The zero-order chi connectivity index (χ0) is 16.0. The van der Waals surface area contributed by atoms with Gasteiger partial charge in [-0.15, -0.1) is 0 Å². The van der Waals surface area contributed by atoms with Gasteiger partial charge in [-0.25, -0.2) is 0 Å². The minimum absolute atomic E-state index is 0.0244. The zero-order valence-corrected chi connectivity index (χ0v) is 11.2. The van der Waals surface area contributed by atoms with Crippen molar-refractivity contribution in [1.29, 1.82) is 0 Å². The molecule has 0 saturated heterocycles. The van der Waals surface area contributed by atoms with Gasteiger partial charge in [0.15, 0.2) is 0 Å². The standard InChI is InChI=1S/C12H15F3N4O2/c1-2-17-10(20)6-18-11(21)8-5-7(12(13,14)15)3-4-9(8)19-16/h3-5,19H,2,6,16H2,1H3,(H,17,20)(H,18,21). The smallest absolute Gasteiger partial charge is 0.355 e. The number of halogens is 3. The first-order chi connectivity index (χ1) is 9.79. The molecule has 0 atom stereocenters. The van der Waals surface area contributed by atoms with Crippen LogP contribution in [0.2, 0.25) is 0 Å². The van der Waals surface area contributed by atoms with Gasteiger partial charge in [0.05, 0.1) is 23.4 Å². The van der Waals surface area contributed by atoms with Gasteiger partial charge in [0.1, 0.15) is 0 Å². The number of rotatable bonds is 5. The predicted molar refractivity (Wildman–Crippen MR) is 70.3 cm³/mol. The van der Waals surface area contributed by atoms with E-state index in [0.717, 1.165) is 12.1 Å². The molecule has 0 aliphatic heterocycles. The Labute approximate surface area is 118 Å². The van der Waals surface area contributed by atoms with Crippen LogP contribution in [0, 0.1) is 0 Å². The summed E-state index contributed by atoms with van der Waals surface area (Å²) in [6.07, 6.45) is -4.58. The molecule has 0 aliphatic carbocycles. The molecule has 1 aromatic rings. The molecule has 0 unspecified atom stereocenters. The van der Waals surface area contributed by atoms with Gasteiger partial charge in [0, 0.05) is 6.54 Å². The first-order valence-electron chi connectivity index (χ1n) is 6.02. The van der Waals surface area contributed by atoms with E-state index in [9.17, 15) is 22.8 Å². The van der Waals surface area contributed by atoms with E-state index in [-0.39, 0.29) is 17.8 Å². The van der Waals surface area contributed by atoms with Crippen LogP contribution >= 0.6 is 0 Å². The Morgan fingerprint density at radius 3 is 2.43 bits per heavy atom. The lowest BCUT2D eigenvalue weighted by atomic mass is 10.1. The second-order valence-electron chi connectivity index (χ2n) is 4.04. The number of benzene rings is 1. The van der Waals surface area contributed by atoms with E-state index in [0.29, 0.717) is 12.6 Å². The number of nitrogens with one attached hydrogen (secondary N) is 3. The number of alkyl halides is 3. The molecule has 1 aromatic carbocycles. The molecule has 0 radical (unpaired) electrons. The van der Waals surface area contributed by atoms with E-state index < -0.39 is 23.6 Å². The van der Waals surface area contributed by atoms with Gasteiger partial charge in [-0.2, -0.15) is 13.2 Å². The Hall–Kier alpha value is -2.29. The van der Waals surface area contributed by atoms with E-state index in [1.807, 2.05) is 0 Å². The van der Waals surface area contributed by atoms with Crippen molar-refractivity contribution >= 4 is 17.5 Å². The van der Waals surface area contributed by atoms with Crippen LogP contribution in [-0.2, 0) is 11.0 Å². The quantitative estimate of drug-likeness (QED) is 0.479. The van der Waals surface area contributed by atoms with Crippen molar-refractivity contribution in [3.8, 4) is 0 Å². The summed E-state index contributed by atoms with van der Waals surface area (Å²) in [6.45, 7) is 1.74. The van der Waals surface area contributed by atoms with Crippen LogP contribution in [-0.4, -0.2) is 24.9 Å². The zero-order valence-electron chi connectivity index (χ0n) is 11.2. The number of hydrogen-bond donors (Lipinski definition) is 4. The summed E-state index contributed by atoms with van der Waals surface area (Å²) in [6, 6.07) is 2.52. The van der Waals surface area contributed by atoms with Gasteiger partial charge in [-0.05, 0) is 25.1 Å². The molecule has 0 heterocycles. The summed E-state index contributed by atoms with van der Waals surface area (Å²) >= 11 is 0. The predicted octanol–water partition coefficient (Wildman–Crippen LogP) is 0.857. The molecule has 0 bridgehead atoms. The highest BCUT2D eigenvalue weighted by atomic mass is 19.4. The maximum absolute atomic E-state index is 12.6. The van der Waals surface area contributed by atoms with Crippen molar-refractivity contribution in [2.75, 3.05) is 18.5 Å². The van der Waals surface area contributed by atoms with E-state index >= 15 is 0 Å². The number of hydrazine groups is 1. The number of amides is 2. The number of carbonyl (C=O) groups excluding carboxylic acids is 2. The topological polar surface area (TPSA) is 96.2 Å². The molecule has 1 rings (SSSR count). The highest BCUT2D eigenvalue weighted by molar-refractivity contribution is 6.01. The van der Waals surface area contributed by atoms with Gasteiger partial charge in [0.25, 0.3) is 5.91 Å². The second-order valence-corrected chi connectivity index (χ2v) is 4.04. The fourth-order valence-electron chi connectivity index (χ4n) is 1.55. The summed E-state index contributed by atoms with van der Waals surface area (Å²) < 4.78 is 37.9. The molecule has 21 heavy (non-hydrogen) atoms. The second kappa shape index (κ2) is 6.93. The minimum Gasteiger partial charge on any atom is -0.355 e. The summed E-state index contributed by atoms with van der Waals surface area (Å²) in [4.78, 5) is 23.1. The molecule has 9 heteroatoms. The average Bonchev–Trinajstić information content (AvgIpc) is 2.43. The van der Waals surface area contributed by atoms with Gasteiger partial charge < -0.3 is 16.1 Å². The SMILES string of the molecule is CCNC(=O)CNC(=O)c1cc(C(F)(F)F)ccc1NN. The normalized spacial score (nSPS) is 10.9. The Morgan fingerprint density at radius 2 is 1.90 bits per heavy atom. The molecule has 116 valence electrons. The maximum atomic E-state index is 12.6. The molecule has 2 amide bonds. The lowest BCUT2D eigenvalue weighted by molar-refractivity contribution is -0.137. The first kappa shape index (κ1) is 16.8. The number of hydrogen-bond acceptors (Lipinski definition) is 4. The van der Waals surface area contributed by atoms with Crippen molar-refractivity contribution in [3.05, 3.63) is 29.3 Å². The lowest BCUT2D eigenvalue weighted by Gasteiger charge is -2.13. The Balaban J connectivity index is 2.93. The van der Waals surface area contributed by atoms with Crippen LogP contribution in [0.4, 0.5) is 18.9 Å². The van der Waals surface area contributed by atoms with Crippen LogP contribution in [0.25, 0.3) is 0 Å². The monoisotopic (exact) mass is 304 g/mol. The highest BCUT2D eigenvalue weighted by Crippen LogP contribution is 2.31. The third kappa shape index (κ3) is 4.63. The molecular weight excluding hydrogens is 289 g/mol. The molecule has 0 aromatic heterocycles. The molecule has 6 nitrogen and oxygen atoms in total. The van der Waals surface area contributed by atoms with Crippen LogP contribution in [0.15, 0.2) is 18.2 Å². The van der Waals surface area contributed by atoms with E-state index in [4.69, 9.17) is 5.84 Å². The van der Waals surface area contributed by atoms with Crippen LogP contribution in [0.5, 0.6) is 0 Å². The van der Waals surface area contributed by atoms with Gasteiger partial charge in [-0.1, -0.05) is 0 Å². The van der Waals surface area contributed by atoms with Crippen molar-refractivity contribution in [1.82, 2.24) is 10.6 Å². The van der Waals surface area contributed by atoms with Crippen molar-refractivity contribution < 1.29 is 22.8 Å². The summed E-state index contributed by atoms with van der Waals surface area (Å²) in [5.41, 5.74) is 0.887. The van der Waals surface area contributed by atoms with E-state index in [1.165, 1.54) is 0 Å². The number of likely N-dealkylation sites (N-methyl/N-ethyl adjacent to an activating group) is 1. The van der Waals surface area contributed by atoms with E-state index in [1.54, 1.807) is 6.92 Å². The summed E-state index contributed by atoms with van der Waals surface area (Å²) in [5, 5.41) is 4.67. The van der Waals surface area contributed by atoms with Crippen molar-refractivity contribution in [2.45, 2.75) is 13.1 Å². The first-order valence-corrected chi connectivity index (χ1v) is 6.02. The fraction of sp³-hybridized carbons (Fsp3) is 0.333. The Bertz CT molecular complexity index is 532. The highest BCUT2D eigenvalue weighted by Gasteiger charge is 2.31. The van der Waals surface area contributed by atoms with Crippen molar-refractivity contribution in [2.24, 2.45) is 5.84 Å². The third-order valence-electron chi connectivity index (χ3n) is 2.53. The van der Waals surface area contributed by atoms with Crippen molar-refractivity contribution in [3.63, 3.8) is 0 Å². The molecule has 0 fully saturated rings. The van der Waals surface area contributed by atoms with Crippen LogP contribution in [0.1, 0.15) is 22.8 Å². The molecule has 5 N–H and O–H groups in total. The Morgan fingerprint density at radius 1 is 1.24 bits per heavy atom. The average molecular weight is 304 g/mol. The number of carbonyl (C=O) groups is 2. The van der Waals surface area contributed by atoms with Gasteiger partial charge in [0.2, 0.25) is 5.91 Å². The van der Waals surface area contributed by atoms with Gasteiger partial charge >= 0.3 is 6.18 Å². The molecule has 0 spiro atoms.